The van der Waals surface area contributed by atoms with Crippen molar-refractivity contribution in [2.45, 2.75) is 20.3 Å². The number of phenolic OH excluding ortho intramolecular Hbond substituents is 1. The normalized spacial score (nSPS) is 11.1. The Morgan fingerprint density at radius 3 is 2.75 bits per heavy atom. The molecular weight excluding hydrogens is 344 g/mol. The summed E-state index contributed by atoms with van der Waals surface area (Å²) >= 11 is 9.15. The molecule has 4 nitrogen and oxygen atoms in total. The minimum Gasteiger partial charge on any atom is -0.506 e. The second kappa shape index (κ2) is 5.97. The lowest BCUT2D eigenvalue weighted by Gasteiger charge is -2.09. The fourth-order valence-corrected chi connectivity index (χ4v) is 2.35. The van der Waals surface area contributed by atoms with E-state index >= 15 is 0 Å². The summed E-state index contributed by atoms with van der Waals surface area (Å²) in [6, 6.07) is 4.70. The number of hydrogen-bond acceptors (Lipinski definition) is 3. The van der Waals surface area contributed by atoms with Gasteiger partial charge in [-0.25, -0.2) is 4.98 Å². The van der Waals surface area contributed by atoms with Gasteiger partial charge in [-0.15, -0.1) is 0 Å². The maximum absolute atomic E-state index is 11.9. The fraction of sp³-hybridized carbons (Fsp3) is 0.286. The van der Waals surface area contributed by atoms with Gasteiger partial charge in [0, 0.05) is 5.56 Å². The van der Waals surface area contributed by atoms with Gasteiger partial charge < -0.3 is 10.1 Å². The van der Waals surface area contributed by atoms with Crippen LogP contribution in [0.2, 0.25) is 5.02 Å². The monoisotopic (exact) mass is 356 g/mol. The van der Waals surface area contributed by atoms with Crippen LogP contribution in [-0.4, -0.2) is 15.1 Å². The zero-order valence-electron chi connectivity index (χ0n) is 11.1. The van der Waals surface area contributed by atoms with Gasteiger partial charge in [0.1, 0.15) is 16.0 Å². The number of aromatic amines is 1. The van der Waals surface area contributed by atoms with Gasteiger partial charge in [-0.05, 0) is 46.5 Å². The molecule has 2 N–H and O–H groups in total. The van der Waals surface area contributed by atoms with Crippen LogP contribution < -0.4 is 5.56 Å². The van der Waals surface area contributed by atoms with Gasteiger partial charge in [-0.3, -0.25) is 4.79 Å². The molecule has 0 aliphatic carbocycles. The molecule has 0 spiro atoms. The number of nitrogens with one attached hydrogen (secondary N) is 1. The van der Waals surface area contributed by atoms with E-state index in [4.69, 9.17) is 11.6 Å². The van der Waals surface area contributed by atoms with Gasteiger partial charge in [0.15, 0.2) is 0 Å². The molecule has 1 aromatic heterocycles. The maximum atomic E-state index is 11.9. The molecule has 0 bridgehead atoms. The van der Waals surface area contributed by atoms with E-state index in [1.807, 2.05) is 0 Å². The second-order valence-corrected chi connectivity index (χ2v) is 6.14. The minimum atomic E-state index is -0.227. The molecule has 0 unspecified atom stereocenters. The molecule has 0 fully saturated rings. The molecule has 0 atom stereocenters. The van der Waals surface area contributed by atoms with Crippen molar-refractivity contribution in [1.82, 2.24) is 9.97 Å². The Kier molecular flexibility index (Phi) is 4.50. The summed E-state index contributed by atoms with van der Waals surface area (Å²) in [6.45, 7) is 4.12. The largest absolute Gasteiger partial charge is 0.506 e. The van der Waals surface area contributed by atoms with E-state index in [0.29, 0.717) is 33.9 Å². The van der Waals surface area contributed by atoms with E-state index in [1.54, 1.807) is 12.1 Å². The summed E-state index contributed by atoms with van der Waals surface area (Å²) in [5.74, 6) is 0.824. The van der Waals surface area contributed by atoms with Crippen molar-refractivity contribution >= 4 is 27.5 Å². The summed E-state index contributed by atoms with van der Waals surface area (Å²) in [5.41, 5.74) is 1.14. The van der Waals surface area contributed by atoms with E-state index in [1.165, 1.54) is 6.07 Å². The third-order valence-corrected chi connectivity index (χ3v) is 3.87. The molecule has 2 rings (SSSR count). The number of phenols is 1. The highest BCUT2D eigenvalue weighted by molar-refractivity contribution is 9.10. The smallest absolute Gasteiger partial charge is 0.265 e. The summed E-state index contributed by atoms with van der Waals surface area (Å²) in [6.07, 6.45) is 0.698. The van der Waals surface area contributed by atoms with Crippen molar-refractivity contribution in [3.63, 3.8) is 0 Å². The number of H-pyrrole nitrogens is 1. The van der Waals surface area contributed by atoms with Crippen molar-refractivity contribution < 1.29 is 5.11 Å². The molecule has 2 aromatic rings. The Morgan fingerprint density at radius 2 is 2.15 bits per heavy atom. The number of hydrogen-bond donors (Lipinski definition) is 2. The van der Waals surface area contributed by atoms with Gasteiger partial charge in [0.2, 0.25) is 0 Å². The van der Waals surface area contributed by atoms with Crippen LogP contribution >= 0.6 is 27.5 Å². The summed E-state index contributed by atoms with van der Waals surface area (Å²) in [4.78, 5) is 19.1. The average Bonchev–Trinajstić information content (AvgIpc) is 2.37. The maximum Gasteiger partial charge on any atom is 0.265 e. The summed E-state index contributed by atoms with van der Waals surface area (Å²) < 4.78 is 0.458. The molecule has 0 saturated carbocycles. The molecule has 6 heteroatoms. The zero-order chi connectivity index (χ0) is 14.9. The van der Waals surface area contributed by atoms with Crippen LogP contribution in [0.15, 0.2) is 27.5 Å². The predicted octanol–water partition coefficient (Wildman–Crippen LogP) is 3.76. The first kappa shape index (κ1) is 15.1. The molecule has 0 saturated heterocycles. The molecule has 0 aliphatic heterocycles. The highest BCUT2D eigenvalue weighted by atomic mass is 79.9. The Morgan fingerprint density at radius 1 is 1.45 bits per heavy atom. The van der Waals surface area contributed by atoms with E-state index in [9.17, 15) is 9.90 Å². The van der Waals surface area contributed by atoms with Gasteiger partial charge in [0.25, 0.3) is 5.56 Å². The van der Waals surface area contributed by atoms with Gasteiger partial charge >= 0.3 is 0 Å². The SMILES string of the molecule is CC(C)Cc1nc(-c2ccc(O)c(Cl)c2)[nH]c(=O)c1Br. The third-order valence-electron chi connectivity index (χ3n) is 2.75. The Hall–Kier alpha value is -1.33. The lowest BCUT2D eigenvalue weighted by Crippen LogP contribution is -2.15. The molecule has 20 heavy (non-hydrogen) atoms. The van der Waals surface area contributed by atoms with Crippen LogP contribution in [0.1, 0.15) is 19.5 Å². The van der Waals surface area contributed by atoms with Crippen molar-refractivity contribution in [3.8, 4) is 17.1 Å². The Labute approximate surface area is 130 Å². The van der Waals surface area contributed by atoms with Gasteiger partial charge in [-0.2, -0.15) is 0 Å². The first-order valence-corrected chi connectivity index (χ1v) is 7.33. The van der Waals surface area contributed by atoms with Crippen molar-refractivity contribution in [2.24, 2.45) is 5.92 Å². The Balaban J connectivity index is 2.54. The van der Waals surface area contributed by atoms with Crippen molar-refractivity contribution in [2.75, 3.05) is 0 Å². The van der Waals surface area contributed by atoms with Crippen molar-refractivity contribution in [3.05, 3.63) is 43.7 Å². The number of benzene rings is 1. The molecule has 106 valence electrons. The van der Waals surface area contributed by atoms with E-state index in [0.717, 1.165) is 0 Å². The second-order valence-electron chi connectivity index (χ2n) is 4.94. The highest BCUT2D eigenvalue weighted by Crippen LogP contribution is 2.28. The Bertz CT molecular complexity index is 698. The van der Waals surface area contributed by atoms with Crippen LogP contribution in [0, 0.1) is 5.92 Å². The first-order valence-electron chi connectivity index (χ1n) is 6.16. The highest BCUT2D eigenvalue weighted by Gasteiger charge is 2.12. The predicted molar refractivity (Wildman–Crippen MR) is 83.2 cm³/mol. The average molecular weight is 358 g/mol. The standard InChI is InChI=1S/C14H14BrClN2O2/c1-7(2)5-10-12(15)14(20)18-13(17-10)8-3-4-11(19)9(16)6-8/h3-4,6-7,19H,5H2,1-2H3,(H,17,18,20). The number of aromatic nitrogens is 2. The zero-order valence-corrected chi connectivity index (χ0v) is 13.4. The van der Waals surface area contributed by atoms with Crippen molar-refractivity contribution in [1.29, 1.82) is 0 Å². The summed E-state index contributed by atoms with van der Waals surface area (Å²) in [5, 5.41) is 9.65. The lowest BCUT2D eigenvalue weighted by atomic mass is 10.1. The molecule has 1 aromatic carbocycles. The molecule has 0 amide bonds. The minimum absolute atomic E-state index is 0.00252. The van der Waals surface area contributed by atoms with Gasteiger partial charge in [0.05, 0.1) is 10.7 Å². The van der Waals surface area contributed by atoms with Crippen LogP contribution in [-0.2, 0) is 6.42 Å². The number of halogens is 2. The molecule has 1 heterocycles. The molecule has 0 radical (unpaired) electrons. The van der Waals surface area contributed by atoms with E-state index in [-0.39, 0.29) is 16.3 Å². The number of aromatic hydroxyl groups is 1. The molecular formula is C14H14BrClN2O2. The van der Waals surface area contributed by atoms with Gasteiger partial charge in [-0.1, -0.05) is 25.4 Å². The quantitative estimate of drug-likeness (QED) is 0.879. The van der Waals surface area contributed by atoms with E-state index in [2.05, 4.69) is 39.7 Å². The number of rotatable bonds is 3. The van der Waals surface area contributed by atoms with E-state index < -0.39 is 0 Å². The van der Waals surface area contributed by atoms with Crippen LogP contribution in [0.5, 0.6) is 5.75 Å². The lowest BCUT2D eigenvalue weighted by molar-refractivity contribution is 0.475. The first-order chi connectivity index (χ1) is 9.38. The summed E-state index contributed by atoms with van der Waals surface area (Å²) in [7, 11) is 0. The number of nitrogens with zero attached hydrogens (tertiary/aromatic N) is 1. The van der Waals surface area contributed by atoms with Crippen LogP contribution in [0.25, 0.3) is 11.4 Å². The van der Waals surface area contributed by atoms with Crippen LogP contribution in [0.3, 0.4) is 0 Å². The third kappa shape index (κ3) is 3.22. The molecule has 0 aliphatic rings. The topological polar surface area (TPSA) is 66.0 Å². The fourth-order valence-electron chi connectivity index (χ4n) is 1.82. The van der Waals surface area contributed by atoms with Crippen LogP contribution in [0.4, 0.5) is 0 Å².